The molecule has 1 saturated heterocycles. The summed E-state index contributed by atoms with van der Waals surface area (Å²) in [5.41, 5.74) is 14.8. The van der Waals surface area contributed by atoms with Crippen LogP contribution in [0.4, 0.5) is 5.69 Å². The molecule has 4 aromatic carbocycles. The molecule has 1 aromatic heterocycles. The molecule has 8 rings (SSSR count). The monoisotopic (exact) mass is 774 g/mol. The Labute approximate surface area is 333 Å². The van der Waals surface area contributed by atoms with Crippen LogP contribution in [0.25, 0.3) is 22.4 Å². The number of oxime groups is 1. The van der Waals surface area contributed by atoms with Gasteiger partial charge in [-0.3, -0.25) is 39.4 Å². The number of aryl methyl sites for hydroxylation is 1. The molecule has 4 N–H and O–H groups in total. The lowest BCUT2D eigenvalue weighted by atomic mass is 9.96. The Hall–Kier alpha value is -7.41. The minimum Gasteiger partial charge on any atom is -0.493 e. The summed E-state index contributed by atoms with van der Waals surface area (Å²) in [7, 11) is 0. The first kappa shape index (κ1) is 37.5. The minimum atomic E-state index is -1.04. The number of rotatable bonds is 12. The predicted octanol–water partition coefficient (Wildman–Crippen LogP) is 6.35. The summed E-state index contributed by atoms with van der Waals surface area (Å²) in [6.45, 7) is 0.766. The number of carbonyl (C=O) groups is 4. The molecule has 0 spiro atoms. The number of nitrogens with one attached hydrogen (secondary N) is 1. The van der Waals surface area contributed by atoms with Gasteiger partial charge in [-0.2, -0.15) is 0 Å². The van der Waals surface area contributed by atoms with Gasteiger partial charge in [0.25, 0.3) is 11.8 Å². The molecule has 1 aliphatic carbocycles. The molecule has 1 atom stereocenters. The highest BCUT2D eigenvalue weighted by atomic mass is 16.5. The van der Waals surface area contributed by atoms with Gasteiger partial charge in [0, 0.05) is 53.8 Å². The number of amides is 4. The Bertz CT molecular complexity index is 2530. The first-order chi connectivity index (χ1) is 28.3. The molecule has 3 heterocycles. The maximum absolute atomic E-state index is 13.6. The van der Waals surface area contributed by atoms with Crippen molar-refractivity contribution in [1.29, 1.82) is 0 Å². The quantitative estimate of drug-likeness (QED) is 0.0427. The number of carbonyl (C=O) groups excluding carboxylic acids is 4. The number of fused-ring (bicyclic) bond motifs is 2. The summed E-state index contributed by atoms with van der Waals surface area (Å²) >= 11 is 0. The molecule has 5 aromatic rings. The van der Waals surface area contributed by atoms with Crippen LogP contribution in [0.3, 0.4) is 0 Å². The van der Waals surface area contributed by atoms with Crippen molar-refractivity contribution in [3.05, 3.63) is 143 Å². The third kappa shape index (κ3) is 7.57. The molecule has 58 heavy (non-hydrogen) atoms. The van der Waals surface area contributed by atoms with E-state index in [0.717, 1.165) is 39.1 Å². The molecular weight excluding hydrogens is 737 g/mol. The summed E-state index contributed by atoms with van der Waals surface area (Å²) in [5, 5.41) is 15.1. The summed E-state index contributed by atoms with van der Waals surface area (Å²) in [6.07, 6.45) is 7.33. The van der Waals surface area contributed by atoms with Crippen molar-refractivity contribution in [2.75, 3.05) is 13.2 Å². The number of benzene rings is 4. The molecule has 13 nitrogen and oxygen atoms in total. The number of aliphatic imine (C=N–C) groups is 1. The van der Waals surface area contributed by atoms with Crippen LogP contribution in [-0.2, 0) is 16.0 Å². The number of pyridine rings is 1. The zero-order valence-corrected chi connectivity index (χ0v) is 31.3. The van der Waals surface area contributed by atoms with E-state index in [1.807, 2.05) is 66.7 Å². The molecule has 0 saturated carbocycles. The summed E-state index contributed by atoms with van der Waals surface area (Å²) < 4.78 is 12.0. The second kappa shape index (κ2) is 16.4. The highest BCUT2D eigenvalue weighted by Gasteiger charge is 2.45. The Morgan fingerprint density at radius 3 is 2.34 bits per heavy atom. The summed E-state index contributed by atoms with van der Waals surface area (Å²) in [4.78, 5) is 60.9. The summed E-state index contributed by atoms with van der Waals surface area (Å²) in [6, 6.07) is 28.4. The Morgan fingerprint density at radius 1 is 0.810 bits per heavy atom. The van der Waals surface area contributed by atoms with Gasteiger partial charge in [-0.05, 0) is 96.1 Å². The average molecular weight is 775 g/mol. The molecule has 3 aliphatic rings. The van der Waals surface area contributed by atoms with E-state index in [9.17, 15) is 24.4 Å². The molecule has 0 radical (unpaired) electrons. The fourth-order valence-electron chi connectivity index (χ4n) is 7.44. The first-order valence-electron chi connectivity index (χ1n) is 18.9. The maximum atomic E-state index is 13.6. The van der Waals surface area contributed by atoms with Crippen LogP contribution in [0.5, 0.6) is 11.5 Å². The van der Waals surface area contributed by atoms with Crippen LogP contribution in [0, 0.1) is 0 Å². The molecule has 2 aliphatic heterocycles. The van der Waals surface area contributed by atoms with E-state index in [2.05, 4.69) is 21.5 Å². The van der Waals surface area contributed by atoms with Gasteiger partial charge >= 0.3 is 0 Å². The summed E-state index contributed by atoms with van der Waals surface area (Å²) in [5.74, 6) is -0.936. The maximum Gasteiger partial charge on any atom is 0.262 e. The zero-order chi connectivity index (χ0) is 40.2. The molecule has 290 valence electrons. The van der Waals surface area contributed by atoms with Crippen molar-refractivity contribution in [1.82, 2.24) is 15.2 Å². The molecule has 4 amide bonds. The lowest BCUT2D eigenvalue weighted by molar-refractivity contribution is -0.136. The van der Waals surface area contributed by atoms with Gasteiger partial charge in [0.2, 0.25) is 11.8 Å². The second-order valence-corrected chi connectivity index (χ2v) is 14.0. The standard InChI is InChI=1S/C45H38N6O7/c46-42(27-18-20-47-21-19-27)37(30-8-14-34-29(24-30)9-15-38(34)50-56)26-48-31-10-12-32(13-11-31)57-22-3-23-58-33-5-1-4-28(25-33)35-6-2-7-36-41(35)45(55)51(44(36)54)39-16-17-40(52)49-43(39)53/h1-2,4-8,10-14,18-21,24-26,39,56H,3,9,15-17,22-23,46H2,(H,49,52,53)/b42-37?,48-26?,50-38+. The van der Waals surface area contributed by atoms with Crippen molar-refractivity contribution >= 4 is 52.5 Å². The third-order valence-electron chi connectivity index (χ3n) is 10.4. The van der Waals surface area contributed by atoms with Gasteiger partial charge in [0.1, 0.15) is 17.5 Å². The van der Waals surface area contributed by atoms with Crippen molar-refractivity contribution in [2.45, 2.75) is 38.1 Å². The number of hydrogen-bond donors (Lipinski definition) is 3. The number of allylic oxidation sites excluding steroid dienone is 1. The van der Waals surface area contributed by atoms with Gasteiger partial charge in [-0.1, -0.05) is 47.6 Å². The highest BCUT2D eigenvalue weighted by molar-refractivity contribution is 6.26. The van der Waals surface area contributed by atoms with Gasteiger partial charge in [-0.25, -0.2) is 0 Å². The van der Waals surface area contributed by atoms with Crippen LogP contribution in [0.15, 0.2) is 120 Å². The average Bonchev–Trinajstić information content (AvgIpc) is 3.78. The molecule has 1 unspecified atom stereocenters. The fourth-order valence-corrected chi connectivity index (χ4v) is 7.44. The molecule has 0 bridgehead atoms. The normalized spacial score (nSPS) is 17.3. The van der Waals surface area contributed by atoms with Crippen molar-refractivity contribution in [3.63, 3.8) is 0 Å². The van der Waals surface area contributed by atoms with E-state index < -0.39 is 29.7 Å². The Morgan fingerprint density at radius 2 is 1.57 bits per heavy atom. The zero-order valence-electron chi connectivity index (χ0n) is 31.3. The van der Waals surface area contributed by atoms with Gasteiger partial charge in [0.05, 0.1) is 35.7 Å². The Kier molecular flexibility index (Phi) is 10.6. The number of nitrogens with two attached hydrogens (primary N) is 1. The number of imide groups is 2. The fraction of sp³-hybridized carbons (Fsp3) is 0.178. The smallest absolute Gasteiger partial charge is 0.262 e. The number of hydrogen-bond acceptors (Lipinski definition) is 11. The van der Waals surface area contributed by atoms with Gasteiger partial charge in [-0.15, -0.1) is 0 Å². The van der Waals surface area contributed by atoms with Crippen LogP contribution < -0.4 is 20.5 Å². The van der Waals surface area contributed by atoms with E-state index in [0.29, 0.717) is 65.8 Å². The molecule has 1 fully saturated rings. The Balaban J connectivity index is 0.880. The number of nitrogens with zero attached hydrogens (tertiary/aromatic N) is 4. The van der Waals surface area contributed by atoms with E-state index >= 15 is 0 Å². The SMILES string of the molecule is NC(=C(C=Nc1ccc(OCCCOc2cccc(-c3cccc4c3C(=O)N(C3CCC(=O)NC3=O)C4=O)c2)cc1)c1ccc2c(c1)CC/C2=N\O)c1ccncc1. The van der Waals surface area contributed by atoms with E-state index in [1.54, 1.807) is 42.9 Å². The van der Waals surface area contributed by atoms with Gasteiger partial charge in [0.15, 0.2) is 0 Å². The van der Waals surface area contributed by atoms with Crippen LogP contribution in [0.2, 0.25) is 0 Å². The number of piperidine rings is 1. The van der Waals surface area contributed by atoms with Gasteiger partial charge < -0.3 is 20.4 Å². The topological polar surface area (TPSA) is 186 Å². The lowest BCUT2D eigenvalue weighted by Crippen LogP contribution is -2.54. The number of ether oxygens (including phenoxy) is 2. The van der Waals surface area contributed by atoms with Crippen LogP contribution >= 0.6 is 0 Å². The highest BCUT2D eigenvalue weighted by Crippen LogP contribution is 2.36. The second-order valence-electron chi connectivity index (χ2n) is 14.0. The van der Waals surface area contributed by atoms with Crippen LogP contribution in [-0.4, -0.2) is 69.9 Å². The van der Waals surface area contributed by atoms with Crippen molar-refractivity contribution in [2.24, 2.45) is 15.9 Å². The minimum absolute atomic E-state index is 0.0506. The van der Waals surface area contributed by atoms with Crippen molar-refractivity contribution < 1.29 is 33.9 Å². The molecule has 13 heteroatoms. The predicted molar refractivity (Wildman–Crippen MR) is 217 cm³/mol. The number of aromatic nitrogens is 1. The lowest BCUT2D eigenvalue weighted by Gasteiger charge is -2.27. The largest absolute Gasteiger partial charge is 0.493 e. The van der Waals surface area contributed by atoms with E-state index in [1.165, 1.54) is 0 Å². The van der Waals surface area contributed by atoms with E-state index in [4.69, 9.17) is 20.2 Å². The third-order valence-corrected chi connectivity index (χ3v) is 10.4. The van der Waals surface area contributed by atoms with Crippen LogP contribution in [0.1, 0.15) is 68.7 Å². The van der Waals surface area contributed by atoms with E-state index in [-0.39, 0.29) is 24.0 Å². The molecular formula is C45H38N6O7. The van der Waals surface area contributed by atoms with Crippen molar-refractivity contribution in [3.8, 4) is 22.6 Å². The first-order valence-corrected chi connectivity index (χ1v) is 18.9.